The number of rotatable bonds is 6. The zero-order valence-electron chi connectivity index (χ0n) is 12.9. The van der Waals surface area contributed by atoms with E-state index < -0.39 is 27.9 Å². The second-order valence-corrected chi connectivity index (χ2v) is 6.83. The lowest BCUT2D eigenvalue weighted by Gasteiger charge is -2.18. The average Bonchev–Trinajstić information content (AvgIpc) is 2.31. The van der Waals surface area contributed by atoms with Gasteiger partial charge < -0.3 is 10.4 Å². The Morgan fingerprint density at radius 3 is 2.09 bits per heavy atom. The summed E-state index contributed by atoms with van der Waals surface area (Å²) >= 11 is 0. The third-order valence-corrected chi connectivity index (χ3v) is 4.80. The average molecular weight is 328 g/mol. The van der Waals surface area contributed by atoms with Crippen LogP contribution in [0.2, 0.25) is 0 Å². The predicted molar refractivity (Wildman–Crippen MR) is 81.1 cm³/mol. The van der Waals surface area contributed by atoms with E-state index in [9.17, 15) is 18.0 Å². The van der Waals surface area contributed by atoms with Gasteiger partial charge in [-0.1, -0.05) is 17.7 Å². The van der Waals surface area contributed by atoms with Gasteiger partial charge in [-0.2, -0.15) is 4.72 Å². The Morgan fingerprint density at radius 1 is 1.18 bits per heavy atom. The van der Waals surface area contributed by atoms with Gasteiger partial charge in [-0.3, -0.25) is 9.59 Å². The molecule has 1 amide bonds. The van der Waals surface area contributed by atoms with Gasteiger partial charge in [0.05, 0.1) is 4.90 Å². The van der Waals surface area contributed by atoms with Crippen LogP contribution < -0.4 is 10.0 Å². The van der Waals surface area contributed by atoms with E-state index >= 15 is 0 Å². The first kappa shape index (κ1) is 18.1. The molecule has 0 spiro atoms. The third-order valence-electron chi connectivity index (χ3n) is 3.02. The first-order chi connectivity index (χ1) is 10.0. The molecule has 0 saturated heterocycles. The Kier molecular flexibility index (Phi) is 5.67. The number of hydrogen-bond acceptors (Lipinski definition) is 4. The van der Waals surface area contributed by atoms with Crippen molar-refractivity contribution in [2.75, 3.05) is 6.54 Å². The number of aliphatic carboxylic acids is 1. The summed E-state index contributed by atoms with van der Waals surface area (Å²) in [6.07, 6.45) is 0. The third kappa shape index (κ3) is 4.54. The van der Waals surface area contributed by atoms with Gasteiger partial charge in [0.25, 0.3) is 0 Å². The fourth-order valence-electron chi connectivity index (χ4n) is 2.26. The minimum Gasteiger partial charge on any atom is -0.480 e. The van der Waals surface area contributed by atoms with Gasteiger partial charge in [-0.05, 0) is 31.9 Å². The number of benzene rings is 1. The van der Waals surface area contributed by atoms with Gasteiger partial charge in [0.2, 0.25) is 15.9 Å². The molecule has 0 saturated carbocycles. The number of aryl methyl sites for hydroxylation is 3. The highest BCUT2D eigenvalue weighted by molar-refractivity contribution is 7.89. The fraction of sp³-hybridized carbons (Fsp3) is 0.429. The van der Waals surface area contributed by atoms with Crippen LogP contribution in [-0.4, -0.2) is 38.0 Å². The van der Waals surface area contributed by atoms with Crippen LogP contribution in [-0.2, 0) is 19.6 Å². The largest absolute Gasteiger partial charge is 0.480 e. The lowest BCUT2D eigenvalue weighted by atomic mass is 10.1. The van der Waals surface area contributed by atoms with E-state index in [4.69, 9.17) is 5.11 Å². The van der Waals surface area contributed by atoms with Gasteiger partial charge in [0, 0.05) is 13.5 Å². The van der Waals surface area contributed by atoms with Gasteiger partial charge in [-0.25, -0.2) is 8.42 Å². The molecule has 8 heteroatoms. The molecule has 1 aromatic carbocycles. The number of hydrogen-bond donors (Lipinski definition) is 3. The molecule has 0 aliphatic rings. The summed E-state index contributed by atoms with van der Waals surface area (Å²) in [5.41, 5.74) is 1.99. The van der Waals surface area contributed by atoms with Crippen LogP contribution >= 0.6 is 0 Å². The quantitative estimate of drug-likeness (QED) is 0.703. The van der Waals surface area contributed by atoms with E-state index in [-0.39, 0.29) is 11.4 Å². The number of carbonyl (C=O) groups is 2. The Labute approximate surface area is 129 Å². The van der Waals surface area contributed by atoms with Crippen LogP contribution in [0, 0.1) is 20.8 Å². The second-order valence-electron chi connectivity index (χ2n) is 5.18. The maximum absolute atomic E-state index is 12.5. The summed E-state index contributed by atoms with van der Waals surface area (Å²) in [5, 5.41) is 11.4. The van der Waals surface area contributed by atoms with Crippen molar-refractivity contribution in [1.29, 1.82) is 0 Å². The molecule has 1 rings (SSSR count). The highest BCUT2D eigenvalue weighted by atomic mass is 32.2. The highest BCUT2D eigenvalue weighted by Crippen LogP contribution is 2.21. The van der Waals surface area contributed by atoms with Crippen molar-refractivity contribution in [2.45, 2.75) is 38.6 Å². The van der Waals surface area contributed by atoms with E-state index in [1.54, 1.807) is 26.0 Å². The molecule has 0 heterocycles. The monoisotopic (exact) mass is 328 g/mol. The van der Waals surface area contributed by atoms with Crippen molar-refractivity contribution >= 4 is 21.9 Å². The normalized spacial score (nSPS) is 12.7. The highest BCUT2D eigenvalue weighted by Gasteiger charge is 2.27. The summed E-state index contributed by atoms with van der Waals surface area (Å²) in [6, 6.07) is 1.99. The molecule has 0 unspecified atom stereocenters. The fourth-order valence-corrected chi connectivity index (χ4v) is 3.90. The van der Waals surface area contributed by atoms with Gasteiger partial charge in [-0.15, -0.1) is 0 Å². The summed E-state index contributed by atoms with van der Waals surface area (Å²) in [7, 11) is -4.01. The second kappa shape index (κ2) is 6.89. The minimum absolute atomic E-state index is 0.0622. The number of carboxylic acids is 1. The lowest BCUT2D eigenvalue weighted by Crippen LogP contribution is -2.48. The number of amides is 1. The van der Waals surface area contributed by atoms with Crippen molar-refractivity contribution in [3.05, 3.63) is 28.8 Å². The van der Waals surface area contributed by atoms with E-state index in [1.807, 2.05) is 6.92 Å². The number of nitrogens with one attached hydrogen (secondary N) is 2. The molecule has 0 bridgehead atoms. The Morgan fingerprint density at radius 2 is 1.68 bits per heavy atom. The molecule has 0 fully saturated rings. The molecule has 1 atom stereocenters. The number of sulfonamides is 1. The number of carbonyl (C=O) groups excluding carboxylic acids is 1. The summed E-state index contributed by atoms with van der Waals surface area (Å²) < 4.78 is 27.0. The molecule has 0 aliphatic heterocycles. The van der Waals surface area contributed by atoms with E-state index in [2.05, 4.69) is 10.0 Å². The van der Waals surface area contributed by atoms with Crippen molar-refractivity contribution < 1.29 is 23.1 Å². The first-order valence-electron chi connectivity index (χ1n) is 6.62. The molecule has 22 heavy (non-hydrogen) atoms. The molecule has 7 nitrogen and oxygen atoms in total. The van der Waals surface area contributed by atoms with Crippen molar-refractivity contribution in [3.8, 4) is 0 Å². The zero-order valence-corrected chi connectivity index (χ0v) is 13.7. The van der Waals surface area contributed by atoms with Crippen LogP contribution in [0.4, 0.5) is 0 Å². The molecule has 1 aromatic rings. The van der Waals surface area contributed by atoms with Crippen molar-refractivity contribution in [2.24, 2.45) is 0 Å². The topological polar surface area (TPSA) is 113 Å². The van der Waals surface area contributed by atoms with Crippen LogP contribution in [0.5, 0.6) is 0 Å². The molecule has 0 aliphatic carbocycles. The summed E-state index contributed by atoms with van der Waals surface area (Å²) in [5.74, 6) is -1.80. The Hall–Kier alpha value is -1.93. The lowest BCUT2D eigenvalue weighted by molar-refractivity contribution is -0.138. The van der Waals surface area contributed by atoms with Crippen LogP contribution in [0.1, 0.15) is 23.6 Å². The molecule has 0 aromatic heterocycles. The Bertz CT molecular complexity index is 674. The van der Waals surface area contributed by atoms with Gasteiger partial charge >= 0.3 is 5.97 Å². The molecule has 3 N–H and O–H groups in total. The molecule has 0 radical (unpaired) electrons. The van der Waals surface area contributed by atoms with E-state index in [0.29, 0.717) is 11.1 Å². The summed E-state index contributed by atoms with van der Waals surface area (Å²) in [6.45, 7) is 6.05. The SMILES string of the molecule is CC(=O)NC[C@H](NS(=O)(=O)c1c(C)cc(C)cc1C)C(=O)O. The number of carboxylic acid groups (broad SMARTS) is 1. The van der Waals surface area contributed by atoms with Crippen LogP contribution in [0.15, 0.2) is 17.0 Å². The van der Waals surface area contributed by atoms with Crippen LogP contribution in [0.25, 0.3) is 0 Å². The van der Waals surface area contributed by atoms with E-state index in [1.165, 1.54) is 6.92 Å². The maximum atomic E-state index is 12.5. The van der Waals surface area contributed by atoms with Crippen molar-refractivity contribution in [3.63, 3.8) is 0 Å². The molecule has 122 valence electrons. The van der Waals surface area contributed by atoms with Gasteiger partial charge in [0.15, 0.2) is 0 Å². The summed E-state index contributed by atoms with van der Waals surface area (Å²) in [4.78, 5) is 22.1. The smallest absolute Gasteiger partial charge is 0.323 e. The van der Waals surface area contributed by atoms with Gasteiger partial charge in [0.1, 0.15) is 6.04 Å². The van der Waals surface area contributed by atoms with Crippen molar-refractivity contribution in [1.82, 2.24) is 10.0 Å². The minimum atomic E-state index is -4.01. The standard InChI is InChI=1S/C14H20N2O5S/c1-8-5-9(2)13(10(3)6-8)22(20,21)16-12(14(18)19)7-15-11(4)17/h5-6,12,16H,7H2,1-4H3,(H,15,17)(H,18,19)/t12-/m0/s1. The predicted octanol–water partition coefficient (Wildman–Crippen LogP) is 0.479. The molecular weight excluding hydrogens is 308 g/mol. The van der Waals surface area contributed by atoms with E-state index in [0.717, 1.165) is 5.56 Å². The zero-order chi connectivity index (χ0) is 17.1. The maximum Gasteiger partial charge on any atom is 0.323 e. The Balaban J connectivity index is 3.13. The molecular formula is C14H20N2O5S. The first-order valence-corrected chi connectivity index (χ1v) is 8.10. The van der Waals surface area contributed by atoms with Crippen LogP contribution in [0.3, 0.4) is 0 Å².